The normalized spacial score (nSPS) is 12.9. The van der Waals surface area contributed by atoms with Crippen molar-refractivity contribution in [2.75, 3.05) is 13.2 Å². The number of allylic oxidation sites excluding steroid dienone is 16. The Hall–Kier alpha value is -3.67. The first-order chi connectivity index (χ1) is 30.0. The molecule has 0 spiro atoms. The molecule has 0 fully saturated rings. The number of rotatable bonds is 43. The Morgan fingerprint density at radius 3 is 1.10 bits per heavy atom. The molecular formula is C55H90O6. The van der Waals surface area contributed by atoms with Gasteiger partial charge in [-0.05, 0) is 96.3 Å². The zero-order valence-electron chi connectivity index (χ0n) is 39.4. The van der Waals surface area contributed by atoms with Crippen LogP contribution in [-0.4, -0.2) is 37.2 Å². The molecule has 0 saturated heterocycles. The lowest BCUT2D eigenvalue weighted by Crippen LogP contribution is -2.30. The van der Waals surface area contributed by atoms with E-state index in [0.29, 0.717) is 19.3 Å². The highest BCUT2D eigenvalue weighted by Crippen LogP contribution is 2.14. The summed E-state index contributed by atoms with van der Waals surface area (Å²) in [6.07, 6.45) is 63.9. The fraction of sp³-hybridized carbons (Fsp3) is 0.655. The van der Waals surface area contributed by atoms with Crippen LogP contribution in [0.4, 0.5) is 0 Å². The smallest absolute Gasteiger partial charge is 0.306 e. The van der Waals surface area contributed by atoms with Gasteiger partial charge in [0.25, 0.3) is 0 Å². The molecule has 0 aliphatic rings. The maximum atomic E-state index is 12.8. The van der Waals surface area contributed by atoms with Crippen LogP contribution in [0.3, 0.4) is 0 Å². The summed E-state index contributed by atoms with van der Waals surface area (Å²) in [5, 5.41) is 0. The Morgan fingerprint density at radius 1 is 0.344 bits per heavy atom. The minimum atomic E-state index is -0.798. The lowest BCUT2D eigenvalue weighted by molar-refractivity contribution is -0.167. The molecule has 346 valence electrons. The van der Waals surface area contributed by atoms with Crippen LogP contribution in [-0.2, 0) is 28.6 Å². The Kier molecular flexibility index (Phi) is 46.0. The Morgan fingerprint density at radius 2 is 0.672 bits per heavy atom. The molecule has 0 N–H and O–H groups in total. The summed E-state index contributed by atoms with van der Waals surface area (Å²) in [5.41, 5.74) is 0. The van der Waals surface area contributed by atoms with E-state index in [0.717, 1.165) is 122 Å². The third-order valence-electron chi connectivity index (χ3n) is 10.1. The third kappa shape index (κ3) is 47.2. The van der Waals surface area contributed by atoms with E-state index in [-0.39, 0.29) is 31.1 Å². The van der Waals surface area contributed by atoms with Crippen molar-refractivity contribution in [3.63, 3.8) is 0 Å². The topological polar surface area (TPSA) is 78.9 Å². The van der Waals surface area contributed by atoms with Crippen LogP contribution in [0.1, 0.15) is 213 Å². The van der Waals surface area contributed by atoms with Gasteiger partial charge in [0.05, 0.1) is 0 Å². The predicted molar refractivity (Wildman–Crippen MR) is 260 cm³/mol. The fourth-order valence-electron chi connectivity index (χ4n) is 6.49. The van der Waals surface area contributed by atoms with Gasteiger partial charge >= 0.3 is 17.9 Å². The standard InChI is InChI=1S/C55H90O6/c1-4-7-10-13-16-19-22-25-28-31-33-36-39-42-45-48-54(57)60-51-52(61-55(58)49-46-43-40-37-34-30-27-24-21-18-15-12-9-6-3)50-59-53(56)47-44-41-38-35-32-29-26-23-20-17-14-11-8-5-2/h7-13,16-22,27,30,52H,4-6,14-15,23-26,28-29,31-51H2,1-3H3/b10-7-,11-8-,12-9-,16-13-,20-17-,21-18-,22-19-,30-27-. The Balaban J connectivity index is 4.46. The lowest BCUT2D eigenvalue weighted by atomic mass is 10.1. The van der Waals surface area contributed by atoms with Crippen LogP contribution in [0.25, 0.3) is 0 Å². The quantitative estimate of drug-likeness (QED) is 0.0200. The van der Waals surface area contributed by atoms with Gasteiger partial charge < -0.3 is 14.2 Å². The van der Waals surface area contributed by atoms with E-state index >= 15 is 0 Å². The van der Waals surface area contributed by atoms with E-state index in [4.69, 9.17) is 14.2 Å². The minimum Gasteiger partial charge on any atom is -0.462 e. The highest BCUT2D eigenvalue weighted by molar-refractivity contribution is 5.71. The Labute approximate surface area is 375 Å². The average molecular weight is 847 g/mol. The van der Waals surface area contributed by atoms with E-state index < -0.39 is 6.10 Å². The van der Waals surface area contributed by atoms with Crippen LogP contribution in [0.15, 0.2) is 97.2 Å². The molecule has 0 aromatic heterocycles. The zero-order valence-corrected chi connectivity index (χ0v) is 39.4. The van der Waals surface area contributed by atoms with E-state index in [9.17, 15) is 14.4 Å². The number of hydrogen-bond acceptors (Lipinski definition) is 6. The van der Waals surface area contributed by atoms with Gasteiger partial charge in [0.1, 0.15) is 13.2 Å². The van der Waals surface area contributed by atoms with Gasteiger partial charge in [-0.25, -0.2) is 0 Å². The molecule has 6 nitrogen and oxygen atoms in total. The molecule has 61 heavy (non-hydrogen) atoms. The summed E-state index contributed by atoms with van der Waals surface area (Å²) in [6, 6.07) is 0. The number of carbonyl (C=O) groups excluding carboxylic acids is 3. The Bertz CT molecular complexity index is 1250. The van der Waals surface area contributed by atoms with Gasteiger partial charge in [-0.2, -0.15) is 0 Å². The summed E-state index contributed by atoms with van der Waals surface area (Å²) in [7, 11) is 0. The summed E-state index contributed by atoms with van der Waals surface area (Å²) < 4.78 is 16.7. The number of unbranched alkanes of at least 4 members (excludes halogenated alkanes) is 18. The molecule has 0 amide bonds. The van der Waals surface area contributed by atoms with Crippen molar-refractivity contribution in [3.05, 3.63) is 97.2 Å². The van der Waals surface area contributed by atoms with E-state index in [1.54, 1.807) is 0 Å². The van der Waals surface area contributed by atoms with E-state index in [1.807, 2.05) is 0 Å². The third-order valence-corrected chi connectivity index (χ3v) is 10.1. The second-order valence-corrected chi connectivity index (χ2v) is 16.0. The van der Waals surface area contributed by atoms with Crippen LogP contribution < -0.4 is 0 Å². The highest BCUT2D eigenvalue weighted by Gasteiger charge is 2.19. The van der Waals surface area contributed by atoms with Crippen molar-refractivity contribution in [2.24, 2.45) is 0 Å². The molecular weight excluding hydrogens is 757 g/mol. The molecule has 0 heterocycles. The van der Waals surface area contributed by atoms with Crippen LogP contribution in [0.5, 0.6) is 0 Å². The number of hydrogen-bond donors (Lipinski definition) is 0. The molecule has 0 rings (SSSR count). The maximum absolute atomic E-state index is 12.8. The first kappa shape index (κ1) is 57.3. The second-order valence-electron chi connectivity index (χ2n) is 16.0. The van der Waals surface area contributed by atoms with Crippen molar-refractivity contribution in [3.8, 4) is 0 Å². The summed E-state index contributed by atoms with van der Waals surface area (Å²) in [6.45, 7) is 6.24. The largest absolute Gasteiger partial charge is 0.462 e. The first-order valence-electron chi connectivity index (χ1n) is 24.8. The van der Waals surface area contributed by atoms with E-state index in [2.05, 4.69) is 118 Å². The van der Waals surface area contributed by atoms with Gasteiger partial charge in [0.15, 0.2) is 6.10 Å². The van der Waals surface area contributed by atoms with E-state index in [1.165, 1.54) is 51.4 Å². The van der Waals surface area contributed by atoms with Crippen LogP contribution in [0.2, 0.25) is 0 Å². The number of esters is 3. The molecule has 0 aromatic rings. The predicted octanol–water partition coefficient (Wildman–Crippen LogP) is 16.2. The monoisotopic (exact) mass is 847 g/mol. The molecule has 0 radical (unpaired) electrons. The van der Waals surface area contributed by atoms with Gasteiger partial charge in [0.2, 0.25) is 0 Å². The van der Waals surface area contributed by atoms with Gasteiger partial charge in [-0.15, -0.1) is 0 Å². The van der Waals surface area contributed by atoms with Crippen molar-refractivity contribution in [1.82, 2.24) is 0 Å². The van der Waals surface area contributed by atoms with Crippen molar-refractivity contribution in [1.29, 1.82) is 0 Å². The molecule has 0 bridgehead atoms. The van der Waals surface area contributed by atoms with Gasteiger partial charge in [-0.1, -0.05) is 195 Å². The minimum absolute atomic E-state index is 0.0963. The summed E-state index contributed by atoms with van der Waals surface area (Å²) in [4.78, 5) is 37.9. The molecule has 0 aromatic carbocycles. The molecule has 0 aliphatic heterocycles. The average Bonchev–Trinajstić information content (AvgIpc) is 3.26. The molecule has 0 aliphatic carbocycles. The molecule has 1 unspecified atom stereocenters. The first-order valence-corrected chi connectivity index (χ1v) is 24.8. The zero-order chi connectivity index (χ0) is 44.4. The van der Waals surface area contributed by atoms with Gasteiger partial charge in [0, 0.05) is 19.3 Å². The van der Waals surface area contributed by atoms with Gasteiger partial charge in [-0.3, -0.25) is 14.4 Å². The highest BCUT2D eigenvalue weighted by atomic mass is 16.6. The van der Waals surface area contributed by atoms with Crippen molar-refractivity contribution < 1.29 is 28.6 Å². The molecule has 6 heteroatoms. The summed E-state index contributed by atoms with van der Waals surface area (Å²) >= 11 is 0. The summed E-state index contributed by atoms with van der Waals surface area (Å²) in [5.74, 6) is -0.944. The second kappa shape index (κ2) is 49.0. The number of ether oxygens (including phenoxy) is 3. The maximum Gasteiger partial charge on any atom is 0.306 e. The van der Waals surface area contributed by atoms with Crippen LogP contribution in [0, 0.1) is 0 Å². The van der Waals surface area contributed by atoms with Crippen molar-refractivity contribution in [2.45, 2.75) is 219 Å². The molecule has 1 atom stereocenters. The fourth-order valence-corrected chi connectivity index (χ4v) is 6.49. The van der Waals surface area contributed by atoms with Crippen LogP contribution >= 0.6 is 0 Å². The lowest BCUT2D eigenvalue weighted by Gasteiger charge is -2.18. The number of carbonyl (C=O) groups is 3. The van der Waals surface area contributed by atoms with Crippen molar-refractivity contribution >= 4 is 17.9 Å². The molecule has 0 saturated carbocycles. The SMILES string of the molecule is CC\C=C/C=C\C=C/CCCCCCCCCC(=O)OCC(COC(=O)CCCCCCCCC/C=C\C/C=C\CC)OC(=O)CCCCCC/C=C\C/C=C\C/C=C\CC.